The van der Waals surface area contributed by atoms with E-state index in [2.05, 4.69) is 5.32 Å². The van der Waals surface area contributed by atoms with E-state index in [1.165, 1.54) is 12.8 Å². The minimum Gasteiger partial charge on any atom is -0.481 e. The summed E-state index contributed by atoms with van der Waals surface area (Å²) in [5.41, 5.74) is 2.12. The number of aryl methyl sites for hydroxylation is 1. The fraction of sp³-hybridized carbons (Fsp3) is 0.588. The van der Waals surface area contributed by atoms with Gasteiger partial charge in [-0.2, -0.15) is 0 Å². The zero-order chi connectivity index (χ0) is 14.8. The van der Waals surface area contributed by atoms with Crippen molar-refractivity contribution in [2.45, 2.75) is 63.7 Å². The molecule has 0 aliphatic heterocycles. The van der Waals surface area contributed by atoms with Gasteiger partial charge in [0.25, 0.3) is 5.91 Å². The highest BCUT2D eigenvalue weighted by Crippen LogP contribution is 2.33. The highest BCUT2D eigenvalue weighted by Gasteiger charge is 2.23. The van der Waals surface area contributed by atoms with Crippen molar-refractivity contribution in [1.82, 2.24) is 5.32 Å². The summed E-state index contributed by atoms with van der Waals surface area (Å²) in [7, 11) is 0. The predicted octanol–water partition coefficient (Wildman–Crippen LogP) is 2.49. The number of aliphatic hydroxyl groups excluding tert-OH is 1. The number of carbonyl (C=O) groups excluding carboxylic acids is 1. The van der Waals surface area contributed by atoms with Crippen LogP contribution in [0.15, 0.2) is 18.2 Å². The Morgan fingerprint density at radius 3 is 2.86 bits per heavy atom. The van der Waals surface area contributed by atoms with E-state index in [1.54, 1.807) is 6.92 Å². The lowest BCUT2D eigenvalue weighted by atomic mass is 10.1. The molecule has 4 heteroatoms. The molecular formula is C17H23NO3. The molecular weight excluding hydrogens is 266 g/mol. The van der Waals surface area contributed by atoms with Crippen LogP contribution in [-0.2, 0) is 11.2 Å². The quantitative estimate of drug-likeness (QED) is 0.895. The summed E-state index contributed by atoms with van der Waals surface area (Å²) < 4.78 is 5.75. The number of hydrogen-bond donors (Lipinski definition) is 2. The molecule has 1 amide bonds. The van der Waals surface area contributed by atoms with Gasteiger partial charge in [-0.15, -0.1) is 0 Å². The van der Waals surface area contributed by atoms with Gasteiger partial charge in [-0.25, -0.2) is 0 Å². The first-order valence-corrected chi connectivity index (χ1v) is 7.91. The lowest BCUT2D eigenvalue weighted by molar-refractivity contribution is -0.127. The Balaban J connectivity index is 1.59. The third-order valence-electron chi connectivity index (χ3n) is 4.54. The van der Waals surface area contributed by atoms with E-state index in [0.717, 1.165) is 36.8 Å². The molecule has 2 aliphatic rings. The molecule has 0 radical (unpaired) electrons. The van der Waals surface area contributed by atoms with Crippen molar-refractivity contribution in [2.24, 2.45) is 0 Å². The van der Waals surface area contributed by atoms with E-state index in [4.69, 9.17) is 4.74 Å². The Bertz CT molecular complexity index is 523. The second-order valence-electron chi connectivity index (χ2n) is 6.17. The van der Waals surface area contributed by atoms with Crippen LogP contribution in [0, 0.1) is 0 Å². The molecule has 2 N–H and O–H groups in total. The molecule has 1 aromatic rings. The third kappa shape index (κ3) is 3.21. The highest BCUT2D eigenvalue weighted by molar-refractivity contribution is 5.81. The third-order valence-corrected chi connectivity index (χ3v) is 4.54. The molecule has 0 bridgehead atoms. The van der Waals surface area contributed by atoms with Gasteiger partial charge in [-0.1, -0.05) is 18.9 Å². The van der Waals surface area contributed by atoms with Gasteiger partial charge in [0.05, 0.1) is 6.10 Å². The van der Waals surface area contributed by atoms with Crippen LogP contribution in [0.25, 0.3) is 0 Å². The van der Waals surface area contributed by atoms with Crippen molar-refractivity contribution in [3.63, 3.8) is 0 Å². The molecule has 2 atom stereocenters. The maximum absolute atomic E-state index is 12.1. The van der Waals surface area contributed by atoms with Gasteiger partial charge >= 0.3 is 0 Å². The maximum Gasteiger partial charge on any atom is 0.260 e. The second kappa shape index (κ2) is 6.06. The van der Waals surface area contributed by atoms with Gasteiger partial charge in [-0.3, -0.25) is 4.79 Å². The molecule has 0 aromatic heterocycles. The lowest BCUT2D eigenvalue weighted by Gasteiger charge is -2.18. The molecule has 21 heavy (non-hydrogen) atoms. The number of aliphatic hydroxyl groups is 1. The van der Waals surface area contributed by atoms with Crippen molar-refractivity contribution in [1.29, 1.82) is 0 Å². The Kier molecular flexibility index (Phi) is 4.15. The van der Waals surface area contributed by atoms with Gasteiger partial charge in [-0.05, 0) is 55.9 Å². The number of nitrogens with one attached hydrogen (secondary N) is 1. The summed E-state index contributed by atoms with van der Waals surface area (Å²) in [6, 6.07) is 6.01. The van der Waals surface area contributed by atoms with Crippen molar-refractivity contribution >= 4 is 5.91 Å². The summed E-state index contributed by atoms with van der Waals surface area (Å²) in [6.07, 6.45) is 5.37. The largest absolute Gasteiger partial charge is 0.481 e. The number of fused-ring (bicyclic) bond motifs is 1. The van der Waals surface area contributed by atoms with Crippen LogP contribution < -0.4 is 10.1 Å². The Labute approximate surface area is 125 Å². The number of ether oxygens (including phenoxy) is 1. The Morgan fingerprint density at radius 1 is 1.33 bits per heavy atom. The van der Waals surface area contributed by atoms with E-state index < -0.39 is 6.10 Å². The first-order valence-electron chi connectivity index (χ1n) is 7.91. The molecule has 114 valence electrons. The molecule has 2 aliphatic carbocycles. The van der Waals surface area contributed by atoms with Crippen molar-refractivity contribution in [2.75, 3.05) is 0 Å². The van der Waals surface area contributed by atoms with Gasteiger partial charge in [0.2, 0.25) is 0 Å². The van der Waals surface area contributed by atoms with Crippen molar-refractivity contribution < 1.29 is 14.6 Å². The average Bonchev–Trinajstić information content (AvgIpc) is 3.09. The number of carbonyl (C=O) groups is 1. The van der Waals surface area contributed by atoms with Crippen LogP contribution >= 0.6 is 0 Å². The Hall–Kier alpha value is -1.55. The van der Waals surface area contributed by atoms with Gasteiger partial charge in [0.15, 0.2) is 6.10 Å². The van der Waals surface area contributed by atoms with E-state index in [-0.39, 0.29) is 12.0 Å². The molecule has 4 nitrogen and oxygen atoms in total. The SMILES string of the molecule is CC(Oc1ccc2c(c1)CC[C@@H]2O)C(=O)NC1CCCC1. The zero-order valence-corrected chi connectivity index (χ0v) is 12.5. The fourth-order valence-corrected chi connectivity index (χ4v) is 3.29. The monoisotopic (exact) mass is 289 g/mol. The van der Waals surface area contributed by atoms with Crippen LogP contribution in [0.3, 0.4) is 0 Å². The summed E-state index contributed by atoms with van der Waals surface area (Å²) in [5, 5.41) is 12.9. The van der Waals surface area contributed by atoms with Gasteiger partial charge in [0, 0.05) is 6.04 Å². The van der Waals surface area contributed by atoms with Crippen LogP contribution in [0.5, 0.6) is 5.75 Å². The first-order chi connectivity index (χ1) is 10.1. The van der Waals surface area contributed by atoms with Crippen LogP contribution in [0.2, 0.25) is 0 Å². The van der Waals surface area contributed by atoms with Crippen molar-refractivity contribution in [3.8, 4) is 5.75 Å². The number of amides is 1. The highest BCUT2D eigenvalue weighted by atomic mass is 16.5. The van der Waals surface area contributed by atoms with E-state index >= 15 is 0 Å². The molecule has 0 spiro atoms. The van der Waals surface area contributed by atoms with Crippen LogP contribution in [-0.4, -0.2) is 23.2 Å². The Morgan fingerprint density at radius 2 is 2.10 bits per heavy atom. The number of hydrogen-bond acceptors (Lipinski definition) is 3. The minimum atomic E-state index is -0.491. The normalized spacial score (nSPS) is 22.9. The summed E-state index contributed by atoms with van der Waals surface area (Å²) in [4.78, 5) is 12.1. The lowest BCUT2D eigenvalue weighted by Crippen LogP contribution is -2.41. The van der Waals surface area contributed by atoms with Crippen molar-refractivity contribution in [3.05, 3.63) is 29.3 Å². The zero-order valence-electron chi connectivity index (χ0n) is 12.5. The van der Waals surface area contributed by atoms with Crippen LogP contribution in [0.1, 0.15) is 56.3 Å². The summed E-state index contributed by atoms with van der Waals surface area (Å²) in [6.45, 7) is 1.78. The fourth-order valence-electron chi connectivity index (χ4n) is 3.29. The molecule has 3 rings (SSSR count). The standard InChI is InChI=1S/C17H23NO3/c1-11(17(20)18-13-4-2-3-5-13)21-14-7-8-15-12(10-14)6-9-16(15)19/h7-8,10-11,13,16,19H,2-6,9H2,1H3,(H,18,20)/t11?,16-/m0/s1. The molecule has 0 heterocycles. The van der Waals surface area contributed by atoms with Gasteiger partial charge in [0.1, 0.15) is 5.75 Å². The number of benzene rings is 1. The van der Waals surface area contributed by atoms with Crippen LogP contribution in [0.4, 0.5) is 0 Å². The molecule has 1 aromatic carbocycles. The second-order valence-corrected chi connectivity index (χ2v) is 6.17. The smallest absolute Gasteiger partial charge is 0.260 e. The topological polar surface area (TPSA) is 58.6 Å². The van der Waals surface area contributed by atoms with Gasteiger partial charge < -0.3 is 15.2 Å². The molecule has 1 unspecified atom stereocenters. The molecule has 1 saturated carbocycles. The predicted molar refractivity (Wildman–Crippen MR) is 80.2 cm³/mol. The average molecular weight is 289 g/mol. The minimum absolute atomic E-state index is 0.0394. The molecule has 0 saturated heterocycles. The first kappa shape index (κ1) is 14.4. The summed E-state index contributed by atoms with van der Waals surface area (Å²) >= 11 is 0. The summed E-state index contributed by atoms with van der Waals surface area (Å²) in [5.74, 6) is 0.666. The van der Waals surface area contributed by atoms with E-state index in [0.29, 0.717) is 11.8 Å². The number of rotatable bonds is 4. The maximum atomic E-state index is 12.1. The van der Waals surface area contributed by atoms with E-state index in [1.807, 2.05) is 18.2 Å². The molecule has 1 fully saturated rings. The van der Waals surface area contributed by atoms with E-state index in [9.17, 15) is 9.90 Å².